The van der Waals surface area contributed by atoms with E-state index >= 15 is 0 Å². The fraction of sp³-hybridized carbons (Fsp3) is 0.143. The zero-order chi connectivity index (χ0) is 14.1. The third-order valence-corrected chi connectivity index (χ3v) is 3.21. The van der Waals surface area contributed by atoms with Crippen LogP contribution in [-0.4, -0.2) is 23.6 Å². The molecule has 3 rings (SSSR count). The summed E-state index contributed by atoms with van der Waals surface area (Å²) in [5.41, 5.74) is 8.46. The zero-order valence-corrected chi connectivity index (χ0v) is 10.9. The van der Waals surface area contributed by atoms with Crippen molar-refractivity contribution in [2.45, 2.75) is 0 Å². The second-order valence-electron chi connectivity index (χ2n) is 4.40. The minimum absolute atomic E-state index is 0.184. The molecule has 0 spiro atoms. The lowest BCUT2D eigenvalue weighted by Gasteiger charge is -2.17. The first-order valence-corrected chi connectivity index (χ1v) is 6.08. The predicted molar refractivity (Wildman–Crippen MR) is 75.1 cm³/mol. The molecule has 1 aromatic carbocycles. The highest BCUT2D eigenvalue weighted by Crippen LogP contribution is 2.26. The lowest BCUT2D eigenvalue weighted by molar-refractivity contribution is 0.282. The van der Waals surface area contributed by atoms with Crippen LogP contribution in [0, 0.1) is 0 Å². The van der Waals surface area contributed by atoms with Gasteiger partial charge < -0.3 is 15.8 Å². The summed E-state index contributed by atoms with van der Waals surface area (Å²) in [6, 6.07) is 5.68. The number of allylic oxidation sites excluding steroid dienone is 1. The van der Waals surface area contributed by atoms with Gasteiger partial charge in [0.05, 0.1) is 12.6 Å². The number of benzene rings is 1. The highest BCUT2D eigenvalue weighted by molar-refractivity contribution is 5.91. The van der Waals surface area contributed by atoms with Gasteiger partial charge in [-0.15, -0.1) is 0 Å². The number of aromatic nitrogens is 2. The van der Waals surface area contributed by atoms with Crippen molar-refractivity contribution >= 4 is 22.3 Å². The average molecular weight is 272 g/mol. The number of nitrogens with two attached hydrogens (primary N) is 1. The van der Waals surface area contributed by atoms with Gasteiger partial charge >= 0.3 is 0 Å². The minimum Gasteiger partial charge on any atom is -0.492 e. The molecular weight excluding hydrogens is 259 g/mol. The van der Waals surface area contributed by atoms with E-state index in [4.69, 9.17) is 10.5 Å². The number of hydrogen-bond donors (Lipinski definition) is 2. The Morgan fingerprint density at radius 2 is 2.20 bits per heavy atom. The highest BCUT2D eigenvalue weighted by atomic mass is 19.1. The molecule has 0 aliphatic carbocycles. The normalized spacial score (nSPS) is 15.0. The Hall–Kier alpha value is -2.63. The van der Waals surface area contributed by atoms with E-state index in [1.807, 2.05) is 18.2 Å². The van der Waals surface area contributed by atoms with E-state index in [0.29, 0.717) is 12.4 Å². The van der Waals surface area contributed by atoms with Gasteiger partial charge in [-0.2, -0.15) is 4.39 Å². The summed E-state index contributed by atoms with van der Waals surface area (Å²) in [6.07, 6.45) is 3.10. The fourth-order valence-corrected chi connectivity index (χ4v) is 2.14. The van der Waals surface area contributed by atoms with Crippen molar-refractivity contribution in [3.05, 3.63) is 47.9 Å². The number of nitrogens with one attached hydrogen (secondary N) is 1. The monoisotopic (exact) mass is 272 g/mol. The number of nitrogen functional groups attached to an aromatic ring is 1. The van der Waals surface area contributed by atoms with Crippen molar-refractivity contribution in [3.8, 4) is 0 Å². The maximum Gasteiger partial charge on any atom is 0.229 e. The molecule has 20 heavy (non-hydrogen) atoms. The summed E-state index contributed by atoms with van der Waals surface area (Å²) in [5, 5.41) is 3.43. The molecule has 1 aliphatic rings. The van der Waals surface area contributed by atoms with Crippen LogP contribution < -0.4 is 11.1 Å². The standard InChI is InChI=1S/C14H13FN4O/c1-20-12-5-9(6-17-13(12)15)8-2-3-11-10(4-8)14(16)19-7-18-11/h2-5,7,17H,6H2,1H3,(H2,16,18,19). The van der Waals surface area contributed by atoms with Crippen molar-refractivity contribution in [2.75, 3.05) is 19.4 Å². The number of hydrogen-bond acceptors (Lipinski definition) is 5. The Kier molecular flexibility index (Phi) is 2.98. The van der Waals surface area contributed by atoms with Gasteiger partial charge in [-0.3, -0.25) is 0 Å². The van der Waals surface area contributed by atoms with E-state index in [2.05, 4.69) is 15.3 Å². The van der Waals surface area contributed by atoms with Crippen LogP contribution in [0.3, 0.4) is 0 Å². The Bertz CT molecular complexity index is 739. The maximum absolute atomic E-state index is 13.4. The Labute approximate surface area is 115 Å². The highest BCUT2D eigenvalue weighted by Gasteiger charge is 2.15. The molecule has 0 saturated carbocycles. The fourth-order valence-electron chi connectivity index (χ4n) is 2.14. The van der Waals surface area contributed by atoms with E-state index in [1.54, 1.807) is 6.08 Å². The number of dihydropyridines is 1. The minimum atomic E-state index is -0.458. The van der Waals surface area contributed by atoms with Crippen LogP contribution in [0.15, 0.2) is 42.3 Å². The average Bonchev–Trinajstić information content (AvgIpc) is 2.48. The van der Waals surface area contributed by atoms with Crippen LogP contribution in [0.2, 0.25) is 0 Å². The molecule has 3 N–H and O–H groups in total. The molecule has 0 unspecified atom stereocenters. The van der Waals surface area contributed by atoms with Gasteiger partial charge in [0, 0.05) is 11.9 Å². The van der Waals surface area contributed by atoms with Gasteiger partial charge in [0.15, 0.2) is 5.76 Å². The molecule has 5 nitrogen and oxygen atoms in total. The molecule has 2 aromatic rings. The Balaban J connectivity index is 2.09. The summed E-state index contributed by atoms with van der Waals surface area (Å²) in [6.45, 7) is 0.387. The molecule has 1 aromatic heterocycles. The van der Waals surface area contributed by atoms with Crippen molar-refractivity contribution in [2.24, 2.45) is 0 Å². The van der Waals surface area contributed by atoms with Crippen LogP contribution in [0.25, 0.3) is 16.5 Å². The molecule has 0 bridgehead atoms. The van der Waals surface area contributed by atoms with Crippen molar-refractivity contribution < 1.29 is 9.13 Å². The molecule has 0 amide bonds. The molecule has 0 atom stereocenters. The summed E-state index contributed by atoms with van der Waals surface area (Å²) in [5.74, 6) is 0.151. The smallest absolute Gasteiger partial charge is 0.229 e. The van der Waals surface area contributed by atoms with Gasteiger partial charge in [0.2, 0.25) is 5.95 Å². The SMILES string of the molecule is COC1=C(F)NCC(c2ccc3ncnc(N)c3c2)=C1. The van der Waals surface area contributed by atoms with E-state index in [9.17, 15) is 4.39 Å². The lowest BCUT2D eigenvalue weighted by atomic mass is 10.0. The van der Waals surface area contributed by atoms with E-state index in [-0.39, 0.29) is 5.76 Å². The summed E-state index contributed by atoms with van der Waals surface area (Å²) in [4.78, 5) is 8.13. The summed E-state index contributed by atoms with van der Waals surface area (Å²) in [7, 11) is 1.43. The van der Waals surface area contributed by atoms with Crippen molar-refractivity contribution in [3.63, 3.8) is 0 Å². The maximum atomic E-state index is 13.4. The molecule has 0 fully saturated rings. The second kappa shape index (κ2) is 4.80. The number of fused-ring (bicyclic) bond motifs is 1. The van der Waals surface area contributed by atoms with E-state index < -0.39 is 5.95 Å². The van der Waals surface area contributed by atoms with Gasteiger partial charge in [-0.05, 0) is 29.3 Å². The number of rotatable bonds is 2. The van der Waals surface area contributed by atoms with Crippen LogP contribution in [0.1, 0.15) is 5.56 Å². The van der Waals surface area contributed by atoms with Gasteiger partial charge in [0.25, 0.3) is 0 Å². The van der Waals surface area contributed by atoms with E-state index in [1.165, 1.54) is 13.4 Å². The molecule has 0 saturated heterocycles. The van der Waals surface area contributed by atoms with Gasteiger partial charge in [-0.1, -0.05) is 6.07 Å². The van der Waals surface area contributed by atoms with Gasteiger partial charge in [-0.25, -0.2) is 9.97 Å². The number of halogens is 1. The Morgan fingerprint density at radius 1 is 1.35 bits per heavy atom. The first kappa shape index (κ1) is 12.4. The molecule has 6 heteroatoms. The molecule has 2 heterocycles. The molecular formula is C14H13FN4O. The number of anilines is 1. The topological polar surface area (TPSA) is 73.1 Å². The number of ether oxygens (including phenoxy) is 1. The summed E-state index contributed by atoms with van der Waals surface area (Å²) < 4.78 is 18.4. The third-order valence-electron chi connectivity index (χ3n) is 3.21. The molecule has 0 radical (unpaired) electrons. The first-order chi connectivity index (χ1) is 9.69. The van der Waals surface area contributed by atoms with Crippen molar-refractivity contribution in [1.82, 2.24) is 15.3 Å². The quantitative estimate of drug-likeness (QED) is 0.818. The predicted octanol–water partition coefficient (Wildman–Crippen LogP) is 1.98. The van der Waals surface area contributed by atoms with Crippen LogP contribution in [-0.2, 0) is 4.74 Å². The van der Waals surface area contributed by atoms with Crippen LogP contribution in [0.4, 0.5) is 10.2 Å². The van der Waals surface area contributed by atoms with E-state index in [0.717, 1.165) is 22.0 Å². The summed E-state index contributed by atoms with van der Waals surface area (Å²) >= 11 is 0. The van der Waals surface area contributed by atoms with Gasteiger partial charge in [0.1, 0.15) is 12.1 Å². The molecule has 102 valence electrons. The third kappa shape index (κ3) is 2.05. The Morgan fingerprint density at radius 3 is 3.00 bits per heavy atom. The number of methoxy groups -OCH3 is 1. The number of nitrogens with zero attached hydrogens (tertiary/aromatic N) is 2. The zero-order valence-electron chi connectivity index (χ0n) is 10.9. The first-order valence-electron chi connectivity index (χ1n) is 6.08. The van der Waals surface area contributed by atoms with Crippen molar-refractivity contribution in [1.29, 1.82) is 0 Å². The van der Waals surface area contributed by atoms with Crippen LogP contribution >= 0.6 is 0 Å². The molecule has 1 aliphatic heterocycles. The second-order valence-corrected chi connectivity index (χ2v) is 4.40. The largest absolute Gasteiger partial charge is 0.492 e. The van der Waals surface area contributed by atoms with Crippen LogP contribution in [0.5, 0.6) is 0 Å². The lowest BCUT2D eigenvalue weighted by Crippen LogP contribution is -2.19.